The molecule has 3 rings (SSSR count). The summed E-state index contributed by atoms with van der Waals surface area (Å²) in [5, 5.41) is 24.8. The number of amides is 5. The summed E-state index contributed by atoms with van der Waals surface area (Å²) >= 11 is 0. The molecule has 1 aliphatic rings. The Morgan fingerprint density at radius 2 is 1.52 bits per heavy atom. The van der Waals surface area contributed by atoms with E-state index in [1.54, 1.807) is 12.1 Å². The fraction of sp³-hybridized carbons (Fsp3) is 0.455. The largest absolute Gasteiger partial charge is 0.508 e. The quantitative estimate of drug-likeness (QED) is 0.129. The molecule has 1 fully saturated rings. The van der Waals surface area contributed by atoms with Gasteiger partial charge in [-0.05, 0) is 48.9 Å². The smallest absolute Gasteiger partial charge is 0.300 e. The number of nitrogens with zero attached hydrogens (tertiary/aromatic N) is 1. The van der Waals surface area contributed by atoms with E-state index in [2.05, 4.69) is 16.0 Å². The number of likely N-dealkylation sites (tertiary alicyclic amines) is 1. The second kappa shape index (κ2) is 21.0. The van der Waals surface area contributed by atoms with Crippen molar-refractivity contribution in [3.8, 4) is 5.75 Å². The monoisotopic (exact) mass is 672 g/mol. The standard InChI is InChI=1S/C31H42N6O6.C2H4O2.H2O/c1-2-3-10-24(36-29(41)23(32)17-21-12-14-22(38)15-13-21)30(42)34-19-27(39)35-25(18-20-8-5-4-6-9-20)31(43)37-16-7-11-26(37)28(33)40;1-2(3)4;/h4-6,8-9,12-15,23-26,38H,2-3,7,10-11,16-19,32H2,1H3,(H2,33,40)(H,34,42)(H,35,39)(H,36,41);1H3,(H,3,4);1H2/t23-,24+,25-,26-;;/m0../s1. The summed E-state index contributed by atoms with van der Waals surface area (Å²) in [5.41, 5.74) is 13.1. The molecule has 15 nitrogen and oxygen atoms in total. The van der Waals surface area contributed by atoms with Crippen molar-refractivity contribution in [2.24, 2.45) is 11.5 Å². The predicted molar refractivity (Wildman–Crippen MR) is 177 cm³/mol. The lowest BCUT2D eigenvalue weighted by Crippen LogP contribution is -2.56. The maximum atomic E-state index is 13.4. The zero-order valence-corrected chi connectivity index (χ0v) is 27.3. The highest BCUT2D eigenvalue weighted by molar-refractivity contribution is 5.94. The third-order valence-electron chi connectivity index (χ3n) is 7.41. The van der Waals surface area contributed by atoms with Gasteiger partial charge in [0.05, 0.1) is 12.6 Å². The van der Waals surface area contributed by atoms with Gasteiger partial charge in [-0.2, -0.15) is 0 Å². The molecule has 5 amide bonds. The van der Waals surface area contributed by atoms with Crippen LogP contribution in [-0.4, -0.2) is 93.4 Å². The van der Waals surface area contributed by atoms with Crippen LogP contribution in [-0.2, 0) is 41.6 Å². The third kappa shape index (κ3) is 14.2. The molecule has 0 aromatic heterocycles. The van der Waals surface area contributed by atoms with Crippen molar-refractivity contribution >= 4 is 35.5 Å². The minimum atomic E-state index is -0.972. The lowest BCUT2D eigenvalue weighted by Gasteiger charge is -2.28. The number of carbonyl (C=O) groups excluding carboxylic acids is 5. The number of benzene rings is 2. The normalized spacial score (nSPS) is 15.3. The average Bonchev–Trinajstić information content (AvgIpc) is 3.53. The fourth-order valence-electron chi connectivity index (χ4n) is 5.05. The SMILES string of the molecule is CC(=O)O.CCCC[C@@H](NC(=O)[C@@H](N)Cc1ccc(O)cc1)C(=O)NCC(=O)N[C@@H](Cc1ccccc1)C(=O)N1CCC[C@H]1C(N)=O.O. The van der Waals surface area contributed by atoms with Gasteiger partial charge in [-0.1, -0.05) is 62.2 Å². The van der Waals surface area contributed by atoms with E-state index >= 15 is 0 Å². The molecule has 264 valence electrons. The van der Waals surface area contributed by atoms with Gasteiger partial charge in [-0.15, -0.1) is 0 Å². The molecule has 1 heterocycles. The van der Waals surface area contributed by atoms with Crippen LogP contribution in [0.5, 0.6) is 5.75 Å². The van der Waals surface area contributed by atoms with Gasteiger partial charge in [0.2, 0.25) is 29.5 Å². The molecule has 1 aliphatic heterocycles. The molecule has 0 saturated carbocycles. The number of phenols is 1. The topological polar surface area (TPSA) is 266 Å². The minimum absolute atomic E-state index is 0. The van der Waals surface area contributed by atoms with Gasteiger partial charge in [0.25, 0.3) is 5.97 Å². The first-order valence-corrected chi connectivity index (χ1v) is 15.6. The number of aromatic hydroxyl groups is 1. The second-order valence-corrected chi connectivity index (χ2v) is 11.3. The lowest BCUT2D eigenvalue weighted by molar-refractivity contribution is -0.140. The summed E-state index contributed by atoms with van der Waals surface area (Å²) in [6, 6.07) is 11.9. The Balaban J connectivity index is 0.00000218. The second-order valence-electron chi connectivity index (χ2n) is 11.3. The number of phenolic OH excluding ortho intramolecular Hbond substituents is 1. The van der Waals surface area contributed by atoms with Crippen molar-refractivity contribution in [1.82, 2.24) is 20.9 Å². The van der Waals surface area contributed by atoms with Crippen molar-refractivity contribution in [2.45, 2.75) is 83.0 Å². The summed E-state index contributed by atoms with van der Waals surface area (Å²) < 4.78 is 0. The molecule has 0 radical (unpaired) electrons. The van der Waals surface area contributed by atoms with Crippen LogP contribution in [0.15, 0.2) is 54.6 Å². The van der Waals surface area contributed by atoms with Crippen LogP contribution < -0.4 is 27.4 Å². The summed E-state index contributed by atoms with van der Waals surface area (Å²) in [6.07, 6.45) is 3.28. The first-order valence-electron chi connectivity index (χ1n) is 15.6. The maximum Gasteiger partial charge on any atom is 0.300 e. The van der Waals surface area contributed by atoms with E-state index in [0.29, 0.717) is 32.2 Å². The highest BCUT2D eigenvalue weighted by Gasteiger charge is 2.36. The molecule has 11 N–H and O–H groups in total. The molecule has 4 atom stereocenters. The first-order chi connectivity index (χ1) is 22.3. The number of carboxylic acids is 1. The Hall–Kier alpha value is -5.02. The Morgan fingerprint density at radius 3 is 2.10 bits per heavy atom. The van der Waals surface area contributed by atoms with E-state index in [9.17, 15) is 29.1 Å². The number of rotatable bonds is 15. The summed E-state index contributed by atoms with van der Waals surface area (Å²) in [7, 11) is 0. The van der Waals surface area contributed by atoms with Crippen LogP contribution in [0.3, 0.4) is 0 Å². The van der Waals surface area contributed by atoms with Crippen LogP contribution >= 0.6 is 0 Å². The Bertz CT molecular complexity index is 1350. The predicted octanol–water partition coefficient (Wildman–Crippen LogP) is -0.477. The maximum absolute atomic E-state index is 13.4. The van der Waals surface area contributed by atoms with Crippen LogP contribution in [0.2, 0.25) is 0 Å². The molecule has 0 aliphatic carbocycles. The molecule has 2 aromatic rings. The van der Waals surface area contributed by atoms with Crippen molar-refractivity contribution < 1.29 is 44.5 Å². The number of nitrogens with one attached hydrogen (secondary N) is 3. The van der Waals surface area contributed by atoms with Crippen LogP contribution in [0.25, 0.3) is 0 Å². The number of nitrogens with two attached hydrogens (primary N) is 2. The molecule has 0 unspecified atom stereocenters. The van der Waals surface area contributed by atoms with Crippen LogP contribution in [0.4, 0.5) is 0 Å². The first kappa shape index (κ1) is 41.0. The Labute approximate surface area is 279 Å². The molecule has 1 saturated heterocycles. The van der Waals surface area contributed by atoms with Crippen molar-refractivity contribution in [1.29, 1.82) is 0 Å². The van der Waals surface area contributed by atoms with Crippen molar-refractivity contribution in [3.05, 3.63) is 65.7 Å². The van der Waals surface area contributed by atoms with Gasteiger partial charge >= 0.3 is 0 Å². The zero-order valence-electron chi connectivity index (χ0n) is 27.3. The van der Waals surface area contributed by atoms with Gasteiger partial charge in [0.15, 0.2) is 0 Å². The van der Waals surface area contributed by atoms with E-state index in [1.807, 2.05) is 37.3 Å². The number of aliphatic carboxylic acids is 1. The molecule has 48 heavy (non-hydrogen) atoms. The Kier molecular flexibility index (Phi) is 17.9. The fourth-order valence-corrected chi connectivity index (χ4v) is 5.05. The summed E-state index contributed by atoms with van der Waals surface area (Å²) in [4.78, 5) is 74.6. The van der Waals surface area contributed by atoms with Crippen molar-refractivity contribution in [3.63, 3.8) is 0 Å². The molecule has 2 aromatic carbocycles. The van der Waals surface area contributed by atoms with E-state index in [-0.39, 0.29) is 24.1 Å². The minimum Gasteiger partial charge on any atom is -0.508 e. The van der Waals surface area contributed by atoms with E-state index in [0.717, 1.165) is 24.5 Å². The van der Waals surface area contributed by atoms with Gasteiger partial charge in [-0.3, -0.25) is 28.8 Å². The number of carboxylic acid groups (broad SMARTS) is 1. The van der Waals surface area contributed by atoms with Crippen LogP contribution in [0.1, 0.15) is 57.1 Å². The number of hydrogen-bond donors (Lipinski definition) is 7. The number of hydrogen-bond acceptors (Lipinski definition) is 8. The number of unbranched alkanes of at least 4 members (excludes halogenated alkanes) is 1. The van der Waals surface area contributed by atoms with Gasteiger partial charge in [-0.25, -0.2) is 0 Å². The lowest BCUT2D eigenvalue weighted by atomic mass is 10.0. The molecule has 0 bridgehead atoms. The van der Waals surface area contributed by atoms with Gasteiger partial charge < -0.3 is 48.0 Å². The van der Waals surface area contributed by atoms with Crippen molar-refractivity contribution in [2.75, 3.05) is 13.1 Å². The van der Waals surface area contributed by atoms with Crippen LogP contribution in [0, 0.1) is 0 Å². The van der Waals surface area contributed by atoms with E-state index < -0.39 is 66.2 Å². The van der Waals surface area contributed by atoms with E-state index in [1.165, 1.54) is 17.0 Å². The third-order valence-corrected chi connectivity index (χ3v) is 7.41. The molecule has 0 spiro atoms. The van der Waals surface area contributed by atoms with Gasteiger partial charge in [0.1, 0.15) is 23.9 Å². The molecule has 15 heteroatoms. The number of primary amides is 1. The Morgan fingerprint density at radius 1 is 0.917 bits per heavy atom. The highest BCUT2D eigenvalue weighted by atomic mass is 16.4. The zero-order chi connectivity index (χ0) is 34.9. The molecular weight excluding hydrogens is 624 g/mol. The number of carbonyl (C=O) groups is 6. The molecular formula is C33H48N6O9. The summed E-state index contributed by atoms with van der Waals surface area (Å²) in [6.45, 7) is 2.97. The highest BCUT2D eigenvalue weighted by Crippen LogP contribution is 2.19. The average molecular weight is 673 g/mol. The van der Waals surface area contributed by atoms with E-state index in [4.69, 9.17) is 21.4 Å². The van der Waals surface area contributed by atoms with Gasteiger partial charge in [0, 0.05) is 19.9 Å². The summed E-state index contributed by atoms with van der Waals surface area (Å²) in [5.74, 6) is -3.40.